The largest absolute Gasteiger partial charge is 0.494 e. The van der Waals surface area contributed by atoms with E-state index in [2.05, 4.69) is 10.2 Å². The van der Waals surface area contributed by atoms with Gasteiger partial charge in [-0.05, 0) is 44.0 Å². The summed E-state index contributed by atoms with van der Waals surface area (Å²) < 4.78 is 5.49. The first-order valence-corrected chi connectivity index (χ1v) is 5.96. The third kappa shape index (κ3) is 2.27. The molecular weight excluding hydrogens is 226 g/mol. The van der Waals surface area contributed by atoms with Crippen molar-refractivity contribution in [3.63, 3.8) is 0 Å². The molecule has 0 aliphatic heterocycles. The molecule has 2 rings (SSSR count). The highest BCUT2D eigenvalue weighted by atomic mass is 16.5. The minimum atomic E-state index is 0.484. The van der Waals surface area contributed by atoms with Gasteiger partial charge in [-0.25, -0.2) is 0 Å². The molecule has 2 N–H and O–H groups in total. The summed E-state index contributed by atoms with van der Waals surface area (Å²) in [7, 11) is 0. The number of nitrogen functional groups attached to an aromatic ring is 1. The van der Waals surface area contributed by atoms with E-state index >= 15 is 0 Å². The molecule has 1 aromatic carbocycles. The third-order valence-corrected chi connectivity index (χ3v) is 2.98. The van der Waals surface area contributed by atoms with E-state index in [0.717, 1.165) is 28.1 Å². The van der Waals surface area contributed by atoms with Gasteiger partial charge in [0, 0.05) is 5.56 Å². The van der Waals surface area contributed by atoms with Crippen LogP contribution in [0, 0.1) is 13.8 Å². The molecular formula is C14H17N3O. The maximum absolute atomic E-state index is 5.75. The topological polar surface area (TPSA) is 61.0 Å². The normalized spacial score (nSPS) is 10.4. The Morgan fingerprint density at radius 3 is 2.67 bits per heavy atom. The molecule has 0 bridgehead atoms. The van der Waals surface area contributed by atoms with Gasteiger partial charge in [0.1, 0.15) is 11.6 Å². The van der Waals surface area contributed by atoms with Crippen molar-refractivity contribution in [1.29, 1.82) is 0 Å². The number of hydrogen-bond acceptors (Lipinski definition) is 4. The molecule has 0 unspecified atom stereocenters. The smallest absolute Gasteiger partial charge is 0.149 e. The lowest BCUT2D eigenvalue weighted by molar-refractivity contribution is 0.340. The van der Waals surface area contributed by atoms with Crippen molar-refractivity contribution < 1.29 is 4.74 Å². The fourth-order valence-corrected chi connectivity index (χ4v) is 1.80. The van der Waals surface area contributed by atoms with Gasteiger partial charge in [0.05, 0.1) is 12.3 Å². The molecule has 2 aromatic rings. The highest BCUT2D eigenvalue weighted by molar-refractivity contribution is 5.67. The fraction of sp³-hybridized carbons (Fsp3) is 0.286. The van der Waals surface area contributed by atoms with Crippen molar-refractivity contribution >= 4 is 5.82 Å². The van der Waals surface area contributed by atoms with E-state index < -0.39 is 0 Å². The standard InChI is InChI=1S/C14H17N3O/c1-4-18-12-7-5-6-11(8-12)13-9(2)10(3)14(15)17-16-13/h5-8H,4H2,1-3H3,(H2,15,17). The van der Waals surface area contributed by atoms with Gasteiger partial charge in [0.15, 0.2) is 0 Å². The number of aromatic nitrogens is 2. The SMILES string of the molecule is CCOc1cccc(-c2nnc(N)c(C)c2C)c1. The van der Waals surface area contributed by atoms with Crippen molar-refractivity contribution in [1.82, 2.24) is 10.2 Å². The number of anilines is 1. The lowest BCUT2D eigenvalue weighted by Gasteiger charge is -2.10. The molecule has 94 valence electrons. The summed E-state index contributed by atoms with van der Waals surface area (Å²) in [6.07, 6.45) is 0. The van der Waals surface area contributed by atoms with E-state index in [9.17, 15) is 0 Å². The average Bonchev–Trinajstić information content (AvgIpc) is 2.37. The van der Waals surface area contributed by atoms with Crippen LogP contribution in [0.25, 0.3) is 11.3 Å². The second-order valence-electron chi connectivity index (χ2n) is 4.14. The van der Waals surface area contributed by atoms with Gasteiger partial charge in [-0.15, -0.1) is 10.2 Å². The van der Waals surface area contributed by atoms with E-state index in [1.54, 1.807) is 0 Å². The van der Waals surface area contributed by atoms with Crippen LogP contribution in [0.4, 0.5) is 5.82 Å². The number of benzene rings is 1. The number of hydrogen-bond donors (Lipinski definition) is 1. The van der Waals surface area contributed by atoms with Crippen LogP contribution in [0.3, 0.4) is 0 Å². The quantitative estimate of drug-likeness (QED) is 0.900. The Balaban J connectivity index is 2.48. The molecule has 0 saturated heterocycles. The first-order chi connectivity index (χ1) is 8.63. The summed E-state index contributed by atoms with van der Waals surface area (Å²) in [4.78, 5) is 0. The van der Waals surface area contributed by atoms with Crippen molar-refractivity contribution in [3.8, 4) is 17.0 Å². The van der Waals surface area contributed by atoms with Gasteiger partial charge in [0.2, 0.25) is 0 Å². The van der Waals surface area contributed by atoms with E-state index in [0.29, 0.717) is 12.4 Å². The minimum Gasteiger partial charge on any atom is -0.494 e. The molecule has 1 aromatic heterocycles. The van der Waals surface area contributed by atoms with Crippen molar-refractivity contribution in [2.45, 2.75) is 20.8 Å². The van der Waals surface area contributed by atoms with Crippen LogP contribution in [-0.2, 0) is 0 Å². The van der Waals surface area contributed by atoms with E-state index in [-0.39, 0.29) is 0 Å². The van der Waals surface area contributed by atoms with Gasteiger partial charge >= 0.3 is 0 Å². The highest BCUT2D eigenvalue weighted by Crippen LogP contribution is 2.27. The van der Waals surface area contributed by atoms with Crippen LogP contribution >= 0.6 is 0 Å². The maximum Gasteiger partial charge on any atom is 0.149 e. The molecule has 4 heteroatoms. The zero-order chi connectivity index (χ0) is 13.1. The van der Waals surface area contributed by atoms with Crippen molar-refractivity contribution in [2.75, 3.05) is 12.3 Å². The molecule has 0 aliphatic rings. The molecule has 0 amide bonds. The molecule has 0 radical (unpaired) electrons. The number of ether oxygens (including phenoxy) is 1. The van der Waals surface area contributed by atoms with Crippen LogP contribution in [0.15, 0.2) is 24.3 Å². The van der Waals surface area contributed by atoms with Gasteiger partial charge < -0.3 is 10.5 Å². The Morgan fingerprint density at radius 2 is 1.94 bits per heavy atom. The second-order valence-corrected chi connectivity index (χ2v) is 4.14. The van der Waals surface area contributed by atoms with Gasteiger partial charge in [-0.3, -0.25) is 0 Å². The van der Waals surface area contributed by atoms with Gasteiger partial charge in [-0.1, -0.05) is 12.1 Å². The van der Waals surface area contributed by atoms with Crippen LogP contribution in [-0.4, -0.2) is 16.8 Å². The monoisotopic (exact) mass is 243 g/mol. The Hall–Kier alpha value is -2.10. The summed E-state index contributed by atoms with van der Waals surface area (Å²) in [6, 6.07) is 7.85. The maximum atomic E-state index is 5.75. The molecule has 0 atom stereocenters. The first-order valence-electron chi connectivity index (χ1n) is 5.96. The summed E-state index contributed by atoms with van der Waals surface area (Å²) in [5.41, 5.74) is 9.62. The van der Waals surface area contributed by atoms with Crippen LogP contribution in [0.5, 0.6) is 5.75 Å². The van der Waals surface area contributed by atoms with Crippen molar-refractivity contribution in [2.24, 2.45) is 0 Å². The fourth-order valence-electron chi connectivity index (χ4n) is 1.80. The van der Waals surface area contributed by atoms with Gasteiger partial charge in [-0.2, -0.15) is 0 Å². The van der Waals surface area contributed by atoms with Crippen LogP contribution in [0.2, 0.25) is 0 Å². The van der Waals surface area contributed by atoms with E-state index in [4.69, 9.17) is 10.5 Å². The van der Waals surface area contributed by atoms with Crippen LogP contribution in [0.1, 0.15) is 18.1 Å². The number of nitrogens with zero attached hydrogens (tertiary/aromatic N) is 2. The number of rotatable bonds is 3. The van der Waals surface area contributed by atoms with Crippen LogP contribution < -0.4 is 10.5 Å². The molecule has 18 heavy (non-hydrogen) atoms. The number of nitrogens with two attached hydrogens (primary N) is 1. The minimum absolute atomic E-state index is 0.484. The average molecular weight is 243 g/mol. The van der Waals surface area contributed by atoms with Crippen molar-refractivity contribution in [3.05, 3.63) is 35.4 Å². The summed E-state index contributed by atoms with van der Waals surface area (Å²) >= 11 is 0. The molecule has 0 fully saturated rings. The Bertz CT molecular complexity index is 567. The highest BCUT2D eigenvalue weighted by Gasteiger charge is 2.10. The Labute approximate surface area is 107 Å². The molecule has 0 spiro atoms. The first kappa shape index (κ1) is 12.4. The lowest BCUT2D eigenvalue weighted by atomic mass is 10.0. The second kappa shape index (κ2) is 5.04. The van der Waals surface area contributed by atoms with E-state index in [1.807, 2.05) is 45.0 Å². The zero-order valence-corrected chi connectivity index (χ0v) is 10.9. The summed E-state index contributed by atoms with van der Waals surface area (Å²) in [5, 5.41) is 8.16. The summed E-state index contributed by atoms with van der Waals surface area (Å²) in [6.45, 7) is 6.57. The third-order valence-electron chi connectivity index (χ3n) is 2.98. The Morgan fingerprint density at radius 1 is 1.17 bits per heavy atom. The Kier molecular flexibility index (Phi) is 3.46. The predicted octanol–water partition coefficient (Wildman–Crippen LogP) is 2.74. The van der Waals surface area contributed by atoms with Gasteiger partial charge in [0.25, 0.3) is 0 Å². The molecule has 0 aliphatic carbocycles. The molecule has 0 saturated carbocycles. The predicted molar refractivity (Wildman–Crippen MR) is 72.5 cm³/mol. The molecule has 1 heterocycles. The molecule has 4 nitrogen and oxygen atoms in total. The summed E-state index contributed by atoms with van der Waals surface area (Å²) in [5.74, 6) is 1.32. The lowest BCUT2D eigenvalue weighted by Crippen LogP contribution is -2.02. The zero-order valence-electron chi connectivity index (χ0n) is 10.9. The van der Waals surface area contributed by atoms with E-state index in [1.165, 1.54) is 0 Å².